The molecule has 9 heteroatoms. The topological polar surface area (TPSA) is 121 Å². The summed E-state index contributed by atoms with van der Waals surface area (Å²) in [7, 11) is 0. The van der Waals surface area contributed by atoms with E-state index in [-0.39, 0.29) is 24.0 Å². The number of H-pyrrole nitrogens is 1. The average Bonchev–Trinajstić information content (AvgIpc) is 3.25. The van der Waals surface area contributed by atoms with E-state index in [9.17, 15) is 9.59 Å². The van der Waals surface area contributed by atoms with Crippen molar-refractivity contribution in [1.29, 1.82) is 0 Å². The summed E-state index contributed by atoms with van der Waals surface area (Å²) in [4.78, 5) is 31.9. The van der Waals surface area contributed by atoms with Gasteiger partial charge in [0.2, 0.25) is 0 Å². The molecular formula is C16H20N4O5. The molecule has 0 bridgehead atoms. The minimum absolute atomic E-state index is 0.135. The molecule has 1 aliphatic rings. The number of aromatic amines is 1. The molecule has 2 aromatic heterocycles. The van der Waals surface area contributed by atoms with Crippen molar-refractivity contribution in [2.24, 2.45) is 0 Å². The summed E-state index contributed by atoms with van der Waals surface area (Å²) < 4.78 is 11.1. The zero-order valence-electron chi connectivity index (χ0n) is 13.8. The molecule has 1 aliphatic heterocycles. The lowest BCUT2D eigenvalue weighted by Crippen LogP contribution is -2.43. The number of morpholine rings is 1. The number of carboxylic acids is 1. The predicted octanol–water partition coefficient (Wildman–Crippen LogP) is 0.813. The molecule has 0 radical (unpaired) electrons. The molecule has 3 rings (SSSR count). The maximum Gasteiger partial charge on any atom is 0.354 e. The lowest BCUT2D eigenvalue weighted by Gasteiger charge is -2.33. The fourth-order valence-electron chi connectivity index (χ4n) is 2.83. The number of imidazole rings is 1. The minimum Gasteiger partial charge on any atom is -0.477 e. The number of aromatic nitrogens is 2. The number of nitrogens with zero attached hydrogens (tertiary/aromatic N) is 2. The third kappa shape index (κ3) is 3.89. The van der Waals surface area contributed by atoms with Crippen LogP contribution < -0.4 is 5.32 Å². The van der Waals surface area contributed by atoms with E-state index >= 15 is 0 Å². The number of hydrogen-bond donors (Lipinski definition) is 3. The number of rotatable bonds is 6. The molecule has 0 spiro atoms. The van der Waals surface area contributed by atoms with E-state index in [1.807, 2.05) is 19.1 Å². The van der Waals surface area contributed by atoms with E-state index in [0.29, 0.717) is 13.2 Å². The van der Waals surface area contributed by atoms with E-state index in [2.05, 4.69) is 20.2 Å². The molecule has 25 heavy (non-hydrogen) atoms. The predicted molar refractivity (Wildman–Crippen MR) is 86.5 cm³/mol. The maximum atomic E-state index is 12.3. The van der Waals surface area contributed by atoms with Crippen molar-refractivity contribution >= 4 is 11.9 Å². The highest BCUT2D eigenvalue weighted by molar-refractivity contribution is 6.02. The van der Waals surface area contributed by atoms with Crippen LogP contribution in [0.1, 0.15) is 38.5 Å². The molecule has 1 atom stereocenters. The van der Waals surface area contributed by atoms with Crippen molar-refractivity contribution in [2.75, 3.05) is 32.8 Å². The fraction of sp³-hybridized carbons (Fsp3) is 0.438. The van der Waals surface area contributed by atoms with Gasteiger partial charge in [-0.3, -0.25) is 9.69 Å². The van der Waals surface area contributed by atoms with Gasteiger partial charge < -0.3 is 24.6 Å². The normalized spacial score (nSPS) is 16.5. The largest absolute Gasteiger partial charge is 0.477 e. The quantitative estimate of drug-likeness (QED) is 0.706. The molecule has 2 aromatic rings. The Balaban J connectivity index is 1.72. The Kier molecular flexibility index (Phi) is 5.15. The van der Waals surface area contributed by atoms with Gasteiger partial charge in [-0.25, -0.2) is 9.78 Å². The van der Waals surface area contributed by atoms with Crippen LogP contribution in [-0.4, -0.2) is 64.7 Å². The molecular weight excluding hydrogens is 328 g/mol. The molecule has 1 fully saturated rings. The monoisotopic (exact) mass is 348 g/mol. The smallest absolute Gasteiger partial charge is 0.354 e. The highest BCUT2D eigenvalue weighted by Crippen LogP contribution is 2.23. The first-order valence-corrected chi connectivity index (χ1v) is 7.99. The van der Waals surface area contributed by atoms with Gasteiger partial charge in [0.15, 0.2) is 11.4 Å². The zero-order valence-corrected chi connectivity index (χ0v) is 13.8. The molecule has 3 heterocycles. The molecule has 9 nitrogen and oxygen atoms in total. The van der Waals surface area contributed by atoms with Crippen LogP contribution >= 0.6 is 0 Å². The number of aryl methyl sites for hydroxylation is 1. The number of carboxylic acid groups (broad SMARTS) is 1. The Labute approximate surface area is 144 Å². The summed E-state index contributed by atoms with van der Waals surface area (Å²) >= 11 is 0. The van der Waals surface area contributed by atoms with Crippen LogP contribution in [-0.2, 0) is 4.74 Å². The molecule has 0 aromatic carbocycles. The van der Waals surface area contributed by atoms with Gasteiger partial charge in [0, 0.05) is 19.6 Å². The molecule has 3 N–H and O–H groups in total. The number of hydrogen-bond acceptors (Lipinski definition) is 6. The molecule has 1 amide bonds. The lowest BCUT2D eigenvalue weighted by molar-refractivity contribution is 0.0116. The van der Waals surface area contributed by atoms with E-state index < -0.39 is 11.9 Å². The molecule has 0 unspecified atom stereocenters. The van der Waals surface area contributed by atoms with E-state index in [1.165, 1.54) is 6.33 Å². The Hall–Kier alpha value is -2.65. The van der Waals surface area contributed by atoms with Gasteiger partial charge in [-0.05, 0) is 19.1 Å². The third-order valence-electron chi connectivity index (χ3n) is 4.10. The summed E-state index contributed by atoms with van der Waals surface area (Å²) in [5.41, 5.74) is -0.363. The van der Waals surface area contributed by atoms with Crippen LogP contribution in [0, 0.1) is 6.92 Å². The van der Waals surface area contributed by atoms with Crippen molar-refractivity contribution < 1.29 is 23.8 Å². The summed E-state index contributed by atoms with van der Waals surface area (Å²) in [5.74, 6) is -0.227. The van der Waals surface area contributed by atoms with Crippen LogP contribution in [0.4, 0.5) is 0 Å². The number of furan rings is 1. The lowest BCUT2D eigenvalue weighted by atomic mass is 10.1. The first-order valence-electron chi connectivity index (χ1n) is 7.99. The molecule has 1 saturated heterocycles. The van der Waals surface area contributed by atoms with Crippen LogP contribution in [0.25, 0.3) is 0 Å². The summed E-state index contributed by atoms with van der Waals surface area (Å²) in [5, 5.41) is 11.8. The summed E-state index contributed by atoms with van der Waals surface area (Å²) in [6.45, 7) is 4.82. The van der Waals surface area contributed by atoms with Gasteiger partial charge in [-0.15, -0.1) is 0 Å². The standard InChI is InChI=1S/C16H20N4O5/c1-10-2-3-12(25-10)11(20-4-6-24-7-5-20)8-17-15(21)13-14(16(22)23)19-9-18-13/h2-3,9,11H,4-8H2,1H3,(H,17,21)(H,18,19)(H,22,23)/t11-/m0/s1. The average molecular weight is 348 g/mol. The zero-order chi connectivity index (χ0) is 17.8. The van der Waals surface area contributed by atoms with Crippen molar-refractivity contribution in [3.05, 3.63) is 41.4 Å². The number of ether oxygens (including phenoxy) is 1. The Morgan fingerprint density at radius 1 is 1.40 bits per heavy atom. The highest BCUT2D eigenvalue weighted by atomic mass is 16.5. The first kappa shape index (κ1) is 17.2. The maximum absolute atomic E-state index is 12.3. The van der Waals surface area contributed by atoms with E-state index in [4.69, 9.17) is 14.3 Å². The third-order valence-corrected chi connectivity index (χ3v) is 4.10. The number of carbonyl (C=O) groups excluding carboxylic acids is 1. The van der Waals surface area contributed by atoms with Gasteiger partial charge in [0.1, 0.15) is 11.5 Å². The Morgan fingerprint density at radius 3 is 2.80 bits per heavy atom. The van der Waals surface area contributed by atoms with E-state index in [0.717, 1.165) is 24.6 Å². The van der Waals surface area contributed by atoms with Gasteiger partial charge in [-0.2, -0.15) is 0 Å². The van der Waals surface area contributed by atoms with Crippen molar-refractivity contribution in [2.45, 2.75) is 13.0 Å². The van der Waals surface area contributed by atoms with Crippen LogP contribution in [0.5, 0.6) is 0 Å². The van der Waals surface area contributed by atoms with Crippen LogP contribution in [0.3, 0.4) is 0 Å². The van der Waals surface area contributed by atoms with Gasteiger partial charge in [-0.1, -0.05) is 0 Å². The summed E-state index contributed by atoms with van der Waals surface area (Å²) in [6, 6.07) is 3.61. The second kappa shape index (κ2) is 7.49. The Bertz CT molecular complexity index is 747. The van der Waals surface area contributed by atoms with Crippen molar-refractivity contribution in [1.82, 2.24) is 20.2 Å². The van der Waals surface area contributed by atoms with Crippen LogP contribution in [0.2, 0.25) is 0 Å². The van der Waals surface area contributed by atoms with Crippen molar-refractivity contribution in [3.8, 4) is 0 Å². The fourth-order valence-corrected chi connectivity index (χ4v) is 2.83. The second-order valence-electron chi connectivity index (χ2n) is 5.75. The molecule has 134 valence electrons. The van der Waals surface area contributed by atoms with Gasteiger partial charge in [0.05, 0.1) is 25.6 Å². The first-order chi connectivity index (χ1) is 12.1. The minimum atomic E-state index is -1.23. The van der Waals surface area contributed by atoms with Crippen molar-refractivity contribution in [3.63, 3.8) is 0 Å². The van der Waals surface area contributed by atoms with E-state index in [1.54, 1.807) is 0 Å². The van der Waals surface area contributed by atoms with Crippen LogP contribution in [0.15, 0.2) is 22.9 Å². The number of amides is 1. The number of carbonyl (C=O) groups is 2. The van der Waals surface area contributed by atoms with Gasteiger partial charge in [0.25, 0.3) is 5.91 Å². The molecule has 0 aliphatic carbocycles. The Morgan fingerprint density at radius 2 is 2.16 bits per heavy atom. The van der Waals surface area contributed by atoms with Gasteiger partial charge >= 0.3 is 5.97 Å². The molecule has 0 saturated carbocycles. The summed E-state index contributed by atoms with van der Waals surface area (Å²) in [6.07, 6.45) is 1.19. The SMILES string of the molecule is Cc1ccc([C@H](CNC(=O)c2nc[nH]c2C(=O)O)N2CCOCC2)o1. The second-order valence-corrected chi connectivity index (χ2v) is 5.75. The number of aromatic carboxylic acids is 1. The highest BCUT2D eigenvalue weighted by Gasteiger charge is 2.27. The number of nitrogens with one attached hydrogen (secondary N) is 2.